The zero-order chi connectivity index (χ0) is 15.0. The lowest BCUT2D eigenvalue weighted by Gasteiger charge is -2.00. The molecule has 0 amide bonds. The number of carbonyl (C=O) groups excluding carboxylic acids is 2. The first-order valence-electron chi connectivity index (χ1n) is 5.94. The van der Waals surface area contributed by atoms with Crippen LogP contribution in [0.2, 0.25) is 0 Å². The zero-order valence-electron chi connectivity index (χ0n) is 11.4. The van der Waals surface area contributed by atoms with E-state index >= 15 is 0 Å². The van der Waals surface area contributed by atoms with Crippen molar-refractivity contribution in [1.82, 2.24) is 4.98 Å². The van der Waals surface area contributed by atoms with E-state index in [1.54, 1.807) is 6.20 Å². The summed E-state index contributed by atoms with van der Waals surface area (Å²) < 4.78 is 3.97. The van der Waals surface area contributed by atoms with E-state index < -0.39 is 11.9 Å². The lowest BCUT2D eigenvalue weighted by atomic mass is 10.1. The summed E-state index contributed by atoms with van der Waals surface area (Å²) in [6.45, 7) is 2.36. The predicted octanol–water partition coefficient (Wildman–Crippen LogP) is 2.43. The van der Waals surface area contributed by atoms with Crippen LogP contribution in [0.25, 0.3) is 11.1 Å². The fraction of sp³-hybridized carbons (Fsp3) is 0.133. The number of nitrogens with two attached hydrogens (primary N) is 1. The van der Waals surface area contributed by atoms with E-state index in [4.69, 9.17) is 5.73 Å². The molecule has 0 aliphatic carbocycles. The van der Waals surface area contributed by atoms with E-state index in [0.717, 1.165) is 16.8 Å². The largest absolute Gasteiger partial charge is 0.399 e. The number of anilines is 1. The van der Waals surface area contributed by atoms with Crippen molar-refractivity contribution in [2.45, 2.75) is 13.8 Å². The third-order valence-corrected chi connectivity index (χ3v) is 2.19. The number of nitrogen functional groups attached to an aromatic ring is 1. The van der Waals surface area contributed by atoms with Crippen LogP contribution in [0.3, 0.4) is 0 Å². The number of rotatable bonds is 1. The molecule has 2 aromatic rings. The van der Waals surface area contributed by atoms with Gasteiger partial charge in [0, 0.05) is 31.9 Å². The van der Waals surface area contributed by atoms with Crippen molar-refractivity contribution in [1.29, 1.82) is 0 Å². The molecule has 0 aliphatic heterocycles. The minimum absolute atomic E-state index is 0.562. The van der Waals surface area contributed by atoms with Crippen LogP contribution in [0.4, 0.5) is 5.69 Å². The lowest BCUT2D eigenvalue weighted by molar-refractivity contribution is -0.156. The molecule has 0 radical (unpaired) electrons. The fourth-order valence-electron chi connectivity index (χ4n) is 1.41. The first kappa shape index (κ1) is 15.4. The molecule has 104 valence electrons. The Bertz CT molecular complexity index is 553. The molecule has 0 aliphatic rings. The average Bonchev–Trinajstić information content (AvgIpc) is 2.40. The molecular weight excluding hydrogens is 256 g/mol. The van der Waals surface area contributed by atoms with Gasteiger partial charge in [-0.05, 0) is 29.3 Å². The Hall–Kier alpha value is -2.69. The molecule has 0 fully saturated rings. The normalized spacial score (nSPS) is 9.10. The summed E-state index contributed by atoms with van der Waals surface area (Å²) >= 11 is 0. The topological polar surface area (TPSA) is 82.3 Å². The summed E-state index contributed by atoms with van der Waals surface area (Å²) in [5.41, 5.74) is 8.63. The minimum Gasteiger partial charge on any atom is -0.399 e. The molecule has 0 bridgehead atoms. The molecule has 0 saturated heterocycles. The molecule has 1 heterocycles. The molecule has 5 heteroatoms. The van der Waals surface area contributed by atoms with E-state index in [0.29, 0.717) is 0 Å². The Labute approximate surface area is 117 Å². The first-order chi connectivity index (χ1) is 9.49. The second kappa shape index (κ2) is 7.68. The van der Waals surface area contributed by atoms with Crippen molar-refractivity contribution in [3.63, 3.8) is 0 Å². The van der Waals surface area contributed by atoms with Gasteiger partial charge in [0.05, 0.1) is 0 Å². The standard InChI is InChI=1S/C11H10N2.C4H6O3/c12-11-5-3-9(4-6-11)10-2-1-7-13-8-10;1-3(5)7-4(2)6/h1-8H,12H2;1-2H3. The predicted molar refractivity (Wildman–Crippen MR) is 76.5 cm³/mol. The molecular formula is C15H16N2O3. The summed E-state index contributed by atoms with van der Waals surface area (Å²) in [4.78, 5) is 23.7. The number of ether oxygens (including phenoxy) is 1. The van der Waals surface area contributed by atoms with Crippen LogP contribution in [-0.4, -0.2) is 16.9 Å². The third-order valence-electron chi connectivity index (χ3n) is 2.19. The molecule has 5 nitrogen and oxygen atoms in total. The summed E-state index contributed by atoms with van der Waals surface area (Å²) in [5.74, 6) is -1.12. The van der Waals surface area contributed by atoms with Gasteiger partial charge in [-0.2, -0.15) is 0 Å². The summed E-state index contributed by atoms with van der Waals surface area (Å²) in [6, 6.07) is 11.7. The van der Waals surface area contributed by atoms with Crippen molar-refractivity contribution >= 4 is 17.6 Å². The van der Waals surface area contributed by atoms with Crippen LogP contribution in [0.15, 0.2) is 48.8 Å². The van der Waals surface area contributed by atoms with Crippen molar-refractivity contribution in [2.75, 3.05) is 5.73 Å². The van der Waals surface area contributed by atoms with Gasteiger partial charge in [0.15, 0.2) is 0 Å². The van der Waals surface area contributed by atoms with E-state index in [-0.39, 0.29) is 0 Å². The highest BCUT2D eigenvalue weighted by atomic mass is 16.6. The van der Waals surface area contributed by atoms with Gasteiger partial charge in [0.2, 0.25) is 0 Å². The number of nitrogens with zero attached hydrogens (tertiary/aromatic N) is 1. The second-order valence-electron chi connectivity index (χ2n) is 3.95. The minimum atomic E-state index is -0.562. The van der Waals surface area contributed by atoms with Crippen LogP contribution in [0, 0.1) is 0 Å². The monoisotopic (exact) mass is 272 g/mol. The van der Waals surface area contributed by atoms with E-state index in [1.165, 1.54) is 13.8 Å². The smallest absolute Gasteiger partial charge is 0.310 e. The van der Waals surface area contributed by atoms with Crippen LogP contribution in [-0.2, 0) is 14.3 Å². The van der Waals surface area contributed by atoms with Gasteiger partial charge < -0.3 is 10.5 Å². The highest BCUT2D eigenvalue weighted by Gasteiger charge is 1.95. The Kier molecular flexibility index (Phi) is 5.90. The van der Waals surface area contributed by atoms with Crippen molar-refractivity contribution in [3.05, 3.63) is 48.8 Å². The number of benzene rings is 1. The molecule has 1 aromatic heterocycles. The maximum atomic E-state index is 9.81. The number of pyridine rings is 1. The highest BCUT2D eigenvalue weighted by molar-refractivity contribution is 5.82. The van der Waals surface area contributed by atoms with Crippen molar-refractivity contribution in [2.24, 2.45) is 0 Å². The van der Waals surface area contributed by atoms with Gasteiger partial charge in [0.25, 0.3) is 0 Å². The zero-order valence-corrected chi connectivity index (χ0v) is 11.4. The molecule has 0 spiro atoms. The van der Waals surface area contributed by atoms with Crippen LogP contribution < -0.4 is 5.73 Å². The van der Waals surface area contributed by atoms with Gasteiger partial charge >= 0.3 is 11.9 Å². The van der Waals surface area contributed by atoms with E-state index in [9.17, 15) is 9.59 Å². The molecule has 0 unspecified atom stereocenters. The molecule has 20 heavy (non-hydrogen) atoms. The van der Waals surface area contributed by atoms with Crippen molar-refractivity contribution in [3.8, 4) is 11.1 Å². The Morgan fingerprint density at radius 3 is 2.00 bits per heavy atom. The SMILES string of the molecule is CC(=O)OC(C)=O.Nc1ccc(-c2cccnc2)cc1. The summed E-state index contributed by atoms with van der Waals surface area (Å²) in [6.07, 6.45) is 3.60. The average molecular weight is 272 g/mol. The molecule has 0 atom stereocenters. The first-order valence-corrected chi connectivity index (χ1v) is 5.94. The Balaban J connectivity index is 0.000000246. The van der Waals surface area contributed by atoms with E-state index in [2.05, 4.69) is 9.72 Å². The van der Waals surface area contributed by atoms with E-state index in [1.807, 2.05) is 42.6 Å². The van der Waals surface area contributed by atoms with Crippen LogP contribution >= 0.6 is 0 Å². The third kappa shape index (κ3) is 5.77. The quantitative estimate of drug-likeness (QED) is 0.489. The summed E-state index contributed by atoms with van der Waals surface area (Å²) in [7, 11) is 0. The second-order valence-corrected chi connectivity index (χ2v) is 3.95. The molecule has 1 aromatic carbocycles. The van der Waals surface area contributed by atoms with Gasteiger partial charge in [-0.25, -0.2) is 0 Å². The van der Waals surface area contributed by atoms with Crippen molar-refractivity contribution < 1.29 is 14.3 Å². The van der Waals surface area contributed by atoms with Gasteiger partial charge in [-0.15, -0.1) is 0 Å². The number of hydrogen-bond donors (Lipinski definition) is 1. The lowest BCUT2D eigenvalue weighted by Crippen LogP contribution is -2.03. The molecule has 2 rings (SSSR count). The number of aromatic nitrogens is 1. The van der Waals surface area contributed by atoms with Crippen LogP contribution in [0.1, 0.15) is 13.8 Å². The number of carbonyl (C=O) groups is 2. The Morgan fingerprint density at radius 2 is 1.60 bits per heavy atom. The van der Waals surface area contributed by atoms with Gasteiger partial charge in [-0.3, -0.25) is 14.6 Å². The highest BCUT2D eigenvalue weighted by Crippen LogP contribution is 2.18. The van der Waals surface area contributed by atoms with Crippen LogP contribution in [0.5, 0.6) is 0 Å². The molecule has 0 saturated carbocycles. The Morgan fingerprint density at radius 1 is 1.00 bits per heavy atom. The number of hydrogen-bond acceptors (Lipinski definition) is 5. The maximum absolute atomic E-state index is 9.81. The van der Waals surface area contributed by atoms with Gasteiger partial charge in [-0.1, -0.05) is 18.2 Å². The maximum Gasteiger partial charge on any atom is 0.310 e. The van der Waals surface area contributed by atoms with Gasteiger partial charge in [0.1, 0.15) is 0 Å². The summed E-state index contributed by atoms with van der Waals surface area (Å²) in [5, 5.41) is 0. The number of esters is 2. The molecule has 2 N–H and O–H groups in total. The fourth-order valence-corrected chi connectivity index (χ4v) is 1.41.